The van der Waals surface area contributed by atoms with Gasteiger partial charge in [-0.2, -0.15) is 0 Å². The summed E-state index contributed by atoms with van der Waals surface area (Å²) in [4.78, 5) is 29.9. The number of cyclic esters (lactones) is 1. The van der Waals surface area contributed by atoms with E-state index in [0.29, 0.717) is 41.9 Å². The number of aromatic nitrogens is 2. The number of hydrogen-bond donors (Lipinski definition) is 2. The van der Waals surface area contributed by atoms with Crippen LogP contribution in [0.5, 0.6) is 0 Å². The molecule has 0 radical (unpaired) electrons. The number of carbonyl (C=O) groups is 1. The Morgan fingerprint density at radius 2 is 1.79 bits per heavy atom. The van der Waals surface area contributed by atoms with Gasteiger partial charge in [0, 0.05) is 43.4 Å². The molecule has 2 atom stereocenters. The molecule has 9 heteroatoms. The van der Waals surface area contributed by atoms with Crippen LogP contribution in [-0.4, -0.2) is 46.6 Å². The monoisotopic (exact) mass is 542 g/mol. The molecule has 4 heterocycles. The molecular weight excluding hydrogens is 503 g/mol. The Morgan fingerprint density at radius 1 is 1.13 bits per heavy atom. The van der Waals surface area contributed by atoms with Crippen molar-refractivity contribution in [3.8, 4) is 11.4 Å². The molecule has 0 bridgehead atoms. The van der Waals surface area contributed by atoms with Gasteiger partial charge in [0.1, 0.15) is 12.4 Å². The topological polar surface area (TPSA) is 111 Å². The Hall–Kier alpha value is -3.14. The van der Waals surface area contributed by atoms with Gasteiger partial charge in [-0.3, -0.25) is 4.79 Å². The van der Waals surface area contributed by atoms with Crippen LogP contribution in [0, 0.1) is 12.7 Å². The number of hydrogen-bond acceptors (Lipinski definition) is 7. The van der Waals surface area contributed by atoms with Gasteiger partial charge in [-0.25, -0.2) is 14.2 Å². The number of benzene rings is 1. The highest BCUT2D eigenvalue weighted by Crippen LogP contribution is 2.46. The number of methoxy groups -OCH3 is 1. The van der Waals surface area contributed by atoms with Gasteiger partial charge >= 0.3 is 5.97 Å². The second kappa shape index (κ2) is 12.8. The molecule has 3 aromatic rings. The number of halogens is 1. The molecule has 1 aliphatic carbocycles. The van der Waals surface area contributed by atoms with Gasteiger partial charge in [0.25, 0.3) is 5.56 Å². The number of aryl methyl sites for hydroxylation is 1. The molecule has 3 aliphatic rings. The maximum Gasteiger partial charge on any atom is 0.340 e. The minimum absolute atomic E-state index is 0.0333. The number of aliphatic hydroxyl groups is 2. The van der Waals surface area contributed by atoms with Gasteiger partial charge in [0.15, 0.2) is 6.10 Å². The largest absolute Gasteiger partial charge is 0.458 e. The number of fused-ring (bicyclic) bond motifs is 5. The van der Waals surface area contributed by atoms with Crippen molar-refractivity contribution in [2.24, 2.45) is 0 Å². The van der Waals surface area contributed by atoms with E-state index in [1.165, 1.54) is 6.07 Å². The Kier molecular flexibility index (Phi) is 9.98. The van der Waals surface area contributed by atoms with E-state index in [4.69, 9.17) is 9.72 Å². The lowest BCUT2D eigenvalue weighted by molar-refractivity contribution is -0.157. The molecule has 1 unspecified atom stereocenters. The van der Waals surface area contributed by atoms with Crippen molar-refractivity contribution in [2.75, 3.05) is 20.8 Å². The summed E-state index contributed by atoms with van der Waals surface area (Å²) in [5.74, 6) is -1.02. The first-order chi connectivity index (χ1) is 18.8. The average molecular weight is 543 g/mol. The fraction of sp³-hybridized carbons (Fsp3) is 0.500. The first-order valence-corrected chi connectivity index (χ1v) is 13.6. The second-order valence-electron chi connectivity index (χ2n) is 9.23. The fourth-order valence-corrected chi connectivity index (χ4v) is 5.64. The number of ether oxygens (including phenoxy) is 2. The van der Waals surface area contributed by atoms with Crippen LogP contribution in [0.25, 0.3) is 22.3 Å². The van der Waals surface area contributed by atoms with Crippen LogP contribution in [0.15, 0.2) is 16.9 Å². The third-order valence-electron chi connectivity index (χ3n) is 7.24. The molecule has 8 nitrogen and oxygen atoms in total. The molecule has 2 aliphatic heterocycles. The molecule has 39 heavy (non-hydrogen) atoms. The quantitative estimate of drug-likeness (QED) is 0.354. The summed E-state index contributed by atoms with van der Waals surface area (Å²) in [5.41, 5.74) is 5.25. The number of rotatable bonds is 2. The van der Waals surface area contributed by atoms with Crippen LogP contribution in [0.3, 0.4) is 0 Å². The molecule has 2 aromatic heterocycles. The SMILES string of the molecule is CC.CC.COC.Cc1c(F)cc2nc3c(c4c2c1CCC4CCO)Cn1c-3cc2c(c1=O)COC(=O)[C@H]2O. The van der Waals surface area contributed by atoms with Crippen LogP contribution in [-0.2, 0) is 33.8 Å². The van der Waals surface area contributed by atoms with E-state index in [1.54, 1.807) is 31.8 Å². The Morgan fingerprint density at radius 3 is 2.44 bits per heavy atom. The summed E-state index contributed by atoms with van der Waals surface area (Å²) < 4.78 is 25.5. The van der Waals surface area contributed by atoms with Crippen molar-refractivity contribution < 1.29 is 28.9 Å². The minimum Gasteiger partial charge on any atom is -0.458 e. The molecule has 1 aromatic carbocycles. The summed E-state index contributed by atoms with van der Waals surface area (Å²) in [7, 11) is 3.25. The molecule has 2 N–H and O–H groups in total. The van der Waals surface area contributed by atoms with E-state index in [-0.39, 0.29) is 41.6 Å². The lowest BCUT2D eigenvalue weighted by atomic mass is 9.77. The normalized spacial score (nSPS) is 17.7. The van der Waals surface area contributed by atoms with E-state index in [9.17, 15) is 24.2 Å². The summed E-state index contributed by atoms with van der Waals surface area (Å²) >= 11 is 0. The third kappa shape index (κ3) is 5.11. The van der Waals surface area contributed by atoms with Crippen LogP contribution < -0.4 is 5.56 Å². The van der Waals surface area contributed by atoms with Gasteiger partial charge in [-0.1, -0.05) is 27.7 Å². The molecule has 212 valence electrons. The predicted octanol–water partition coefficient (Wildman–Crippen LogP) is 4.69. The highest BCUT2D eigenvalue weighted by molar-refractivity contribution is 5.93. The molecule has 0 saturated carbocycles. The second-order valence-corrected chi connectivity index (χ2v) is 9.23. The number of aliphatic hydroxyl groups excluding tert-OH is 2. The van der Waals surface area contributed by atoms with Gasteiger partial charge in [0.05, 0.1) is 29.0 Å². The van der Waals surface area contributed by atoms with E-state index in [2.05, 4.69) is 4.74 Å². The zero-order valence-corrected chi connectivity index (χ0v) is 23.9. The van der Waals surface area contributed by atoms with Gasteiger partial charge in [-0.05, 0) is 54.9 Å². The third-order valence-corrected chi connectivity index (χ3v) is 7.24. The summed E-state index contributed by atoms with van der Waals surface area (Å²) in [6, 6.07) is 3.07. The van der Waals surface area contributed by atoms with Crippen molar-refractivity contribution in [3.63, 3.8) is 0 Å². The maximum absolute atomic E-state index is 14.7. The Bertz CT molecular complexity index is 1430. The lowest BCUT2D eigenvalue weighted by Crippen LogP contribution is -2.32. The zero-order valence-electron chi connectivity index (χ0n) is 23.9. The number of nitrogens with zero attached hydrogens (tertiary/aromatic N) is 2. The van der Waals surface area contributed by atoms with Crippen molar-refractivity contribution >= 4 is 16.9 Å². The summed E-state index contributed by atoms with van der Waals surface area (Å²) in [6.45, 7) is 9.94. The van der Waals surface area contributed by atoms with Crippen molar-refractivity contribution in [3.05, 3.63) is 61.7 Å². The van der Waals surface area contributed by atoms with Crippen LogP contribution >= 0.6 is 0 Å². The first kappa shape index (κ1) is 30.4. The summed E-state index contributed by atoms with van der Waals surface area (Å²) in [6.07, 6.45) is 0.552. The van der Waals surface area contributed by atoms with E-state index >= 15 is 0 Å². The fourth-order valence-electron chi connectivity index (χ4n) is 5.64. The number of esters is 1. The molecular formula is C30H39FN2O6. The molecule has 0 fully saturated rings. The zero-order chi connectivity index (χ0) is 29.0. The average Bonchev–Trinajstić information content (AvgIpc) is 3.31. The Labute approximate surface area is 228 Å². The van der Waals surface area contributed by atoms with E-state index in [1.807, 2.05) is 27.7 Å². The summed E-state index contributed by atoms with van der Waals surface area (Å²) in [5, 5.41) is 20.9. The lowest BCUT2D eigenvalue weighted by Gasteiger charge is -2.28. The van der Waals surface area contributed by atoms with Crippen molar-refractivity contribution in [1.29, 1.82) is 0 Å². The number of carbonyl (C=O) groups excluding carboxylic acids is 1. The maximum atomic E-state index is 14.7. The molecule has 6 rings (SSSR count). The number of pyridine rings is 2. The Balaban J connectivity index is 0.000000553. The highest BCUT2D eigenvalue weighted by Gasteiger charge is 2.37. The van der Waals surface area contributed by atoms with Crippen LogP contribution in [0.2, 0.25) is 0 Å². The van der Waals surface area contributed by atoms with E-state index in [0.717, 1.165) is 28.5 Å². The minimum atomic E-state index is -1.52. The van der Waals surface area contributed by atoms with Gasteiger partial charge in [0.2, 0.25) is 0 Å². The van der Waals surface area contributed by atoms with Crippen LogP contribution in [0.4, 0.5) is 4.39 Å². The first-order valence-electron chi connectivity index (χ1n) is 13.6. The molecule has 0 amide bonds. The molecule has 0 saturated heterocycles. The highest BCUT2D eigenvalue weighted by atomic mass is 19.1. The van der Waals surface area contributed by atoms with Crippen molar-refractivity contribution in [2.45, 2.75) is 79.1 Å². The van der Waals surface area contributed by atoms with Crippen molar-refractivity contribution in [1.82, 2.24) is 9.55 Å². The van der Waals surface area contributed by atoms with Gasteiger partial charge < -0.3 is 24.3 Å². The standard InChI is InChI=1S/C24H21FN2O5.C2H6O.2C2H6/c1-10-12-3-2-11(4-5-28)19-14-8-27-18(21(14)26-17(20(12)19)7-16(10)25)6-13-15(23(27)30)9-32-24(31)22(13)29;1-3-2;2*1-2/h6-7,11,22,28-29H,2-5,8-9H2,1H3;1-2H3;2*1-2H3/t11?,22-;;;/m0.../s1. The van der Waals surface area contributed by atoms with E-state index < -0.39 is 12.1 Å². The predicted molar refractivity (Wildman–Crippen MR) is 148 cm³/mol. The smallest absolute Gasteiger partial charge is 0.340 e. The van der Waals surface area contributed by atoms with Crippen LogP contribution in [0.1, 0.15) is 85.9 Å². The molecule has 0 spiro atoms. The van der Waals surface area contributed by atoms with Gasteiger partial charge in [-0.15, -0.1) is 0 Å².